The fourth-order valence-electron chi connectivity index (χ4n) is 0. The fourth-order valence-corrected chi connectivity index (χ4v) is 0. The van der Waals surface area contributed by atoms with E-state index < -0.39 is 0 Å². The van der Waals surface area contributed by atoms with Crippen LogP contribution in [-0.4, -0.2) is 0 Å². The van der Waals surface area contributed by atoms with Crippen molar-refractivity contribution < 1.29 is 21.0 Å². The van der Waals surface area contributed by atoms with E-state index in [9.17, 15) is 0 Å². The van der Waals surface area contributed by atoms with Gasteiger partial charge in [-0.1, -0.05) is 0 Å². The van der Waals surface area contributed by atoms with Gasteiger partial charge in [-0.05, 0) is 0 Å². The molecule has 2 heteroatoms. The van der Waals surface area contributed by atoms with E-state index in [0.717, 1.165) is 17.4 Å². The van der Waals surface area contributed by atoms with Crippen molar-refractivity contribution in [1.29, 1.82) is 0 Å². The zero-order chi connectivity index (χ0) is 4.00. The molecular weight excluding hydrogens is 91.0 g/mol. The third kappa shape index (κ3) is 174. The molecular formula is C2H3OV-. The van der Waals surface area contributed by atoms with Crippen LogP contribution in [0.25, 0.3) is 0 Å². The van der Waals surface area contributed by atoms with Crippen LogP contribution in [0, 0.1) is 6.58 Å². The molecule has 4 heavy (non-hydrogen) atoms. The molecule has 0 N–H and O–H groups in total. The second-order valence-electron chi connectivity index (χ2n) is 0. The Morgan fingerprint density at radius 1 is 1.50 bits per heavy atom. The fraction of sp³-hybridized carbons (Fsp3) is 0. The van der Waals surface area contributed by atoms with Crippen LogP contribution >= 0.6 is 0 Å². The minimum atomic E-state index is 1.06. The topological polar surface area (TPSA) is 17.1 Å². The summed E-state index contributed by atoms with van der Waals surface area (Å²) in [4.78, 5) is 0. The van der Waals surface area contributed by atoms with Crippen molar-refractivity contribution in [2.75, 3.05) is 0 Å². The summed E-state index contributed by atoms with van der Waals surface area (Å²) in [5.41, 5.74) is 0. The van der Waals surface area contributed by atoms with Crippen molar-refractivity contribution in [2.45, 2.75) is 0 Å². The van der Waals surface area contributed by atoms with Crippen molar-refractivity contribution in [3.05, 3.63) is 13.2 Å². The van der Waals surface area contributed by atoms with Crippen LogP contribution in [0.4, 0.5) is 0 Å². The van der Waals surface area contributed by atoms with Crippen molar-refractivity contribution in [2.24, 2.45) is 0 Å². The second-order valence-corrected chi connectivity index (χ2v) is 0. The molecule has 0 aromatic rings. The summed E-state index contributed by atoms with van der Waals surface area (Å²) < 4.78 is 8.19. The Hall–Kier alpha value is 0.124. The molecule has 0 heterocycles. The molecule has 23 valence electrons. The van der Waals surface area contributed by atoms with E-state index >= 15 is 0 Å². The first-order valence-corrected chi connectivity index (χ1v) is 1.16. The first kappa shape index (κ1) is 8.92. The zero-order valence-corrected chi connectivity index (χ0v) is 3.54. The average molecular weight is 94.0 g/mol. The summed E-state index contributed by atoms with van der Waals surface area (Å²) in [6, 6.07) is 0. The van der Waals surface area contributed by atoms with E-state index in [2.05, 4.69) is 13.2 Å². The molecule has 0 aliphatic rings. The van der Waals surface area contributed by atoms with Crippen LogP contribution in [-0.2, 0) is 21.0 Å². The number of hydrogen-bond acceptors (Lipinski definition) is 1. The van der Waals surface area contributed by atoms with E-state index in [4.69, 9.17) is 3.67 Å². The first-order valence-electron chi connectivity index (χ1n) is 0.591. The van der Waals surface area contributed by atoms with Gasteiger partial charge in [-0.15, -0.1) is 0 Å². The van der Waals surface area contributed by atoms with Gasteiger partial charge in [0.25, 0.3) is 0 Å². The molecule has 0 unspecified atom stereocenters. The Labute approximate surface area is 34.9 Å². The SMILES string of the molecule is [CH-]=C.[O]=[V]. The Balaban J connectivity index is 0. The molecule has 0 atom stereocenters. The molecule has 0 spiro atoms. The summed E-state index contributed by atoms with van der Waals surface area (Å²) >= 11 is 1.06. The van der Waals surface area contributed by atoms with Crippen LogP contribution in [0.3, 0.4) is 0 Å². The molecule has 0 fully saturated rings. The Kier molecular flexibility index (Phi) is 2030. The molecule has 0 aromatic carbocycles. The molecule has 0 aliphatic heterocycles. The third-order valence-electron chi connectivity index (χ3n) is 0. The van der Waals surface area contributed by atoms with Gasteiger partial charge in [0.2, 0.25) is 0 Å². The van der Waals surface area contributed by atoms with Gasteiger partial charge in [-0.25, -0.2) is 0 Å². The van der Waals surface area contributed by atoms with Gasteiger partial charge in [0, 0.05) is 0 Å². The summed E-state index contributed by atoms with van der Waals surface area (Å²) in [5, 5.41) is 0. The number of rotatable bonds is 0. The first-order chi connectivity index (χ1) is 2.00. The van der Waals surface area contributed by atoms with E-state index in [1.54, 1.807) is 0 Å². The van der Waals surface area contributed by atoms with Crippen molar-refractivity contribution >= 4 is 0 Å². The van der Waals surface area contributed by atoms with Crippen LogP contribution in [0.2, 0.25) is 0 Å². The van der Waals surface area contributed by atoms with E-state index in [1.807, 2.05) is 0 Å². The van der Waals surface area contributed by atoms with E-state index in [1.165, 1.54) is 0 Å². The second kappa shape index (κ2) is 911. The van der Waals surface area contributed by atoms with E-state index in [0.29, 0.717) is 0 Å². The van der Waals surface area contributed by atoms with Gasteiger partial charge < -0.3 is 6.58 Å². The molecule has 1 nitrogen and oxygen atoms in total. The molecule has 0 saturated carbocycles. The summed E-state index contributed by atoms with van der Waals surface area (Å²) in [5.74, 6) is 0. The predicted molar refractivity (Wildman–Crippen MR) is 10.6 cm³/mol. The van der Waals surface area contributed by atoms with Gasteiger partial charge in [0.05, 0.1) is 0 Å². The van der Waals surface area contributed by atoms with Crippen LogP contribution < -0.4 is 0 Å². The molecule has 0 aromatic heterocycles. The van der Waals surface area contributed by atoms with Crippen molar-refractivity contribution in [3.63, 3.8) is 0 Å². The maximum absolute atomic E-state index is 8.19. The molecule has 0 bridgehead atoms. The Morgan fingerprint density at radius 3 is 1.50 bits per heavy atom. The standard InChI is InChI=1S/C2H3.O.V/c1-2;;/h1H,2H2;;/q-1;;. The summed E-state index contributed by atoms with van der Waals surface area (Å²) in [7, 11) is 0. The Morgan fingerprint density at radius 2 is 1.50 bits per heavy atom. The molecule has 0 radical (unpaired) electrons. The van der Waals surface area contributed by atoms with Gasteiger partial charge >= 0.3 is 21.0 Å². The Bertz CT molecular complexity index is 8.00. The predicted octanol–water partition coefficient (Wildman–Crippen LogP) is 0.484. The van der Waals surface area contributed by atoms with Crippen LogP contribution in [0.5, 0.6) is 0 Å². The monoisotopic (exact) mass is 94.0 g/mol. The minimum absolute atomic E-state index is 1.06. The molecule has 0 rings (SSSR count). The van der Waals surface area contributed by atoms with Gasteiger partial charge in [0.15, 0.2) is 0 Å². The normalized spacial score (nSPS) is 1.75. The average Bonchev–Trinajstić information content (AvgIpc) is 1.50. The van der Waals surface area contributed by atoms with Crippen molar-refractivity contribution in [3.8, 4) is 0 Å². The summed E-state index contributed by atoms with van der Waals surface area (Å²) in [6.07, 6.45) is 0. The molecule has 0 saturated heterocycles. The third-order valence-corrected chi connectivity index (χ3v) is 0. The van der Waals surface area contributed by atoms with Gasteiger partial charge in [-0.2, -0.15) is 0 Å². The quantitative estimate of drug-likeness (QED) is 0.399. The van der Waals surface area contributed by atoms with E-state index in [-0.39, 0.29) is 0 Å². The maximum atomic E-state index is 8.19. The van der Waals surface area contributed by atoms with Crippen LogP contribution in [0.1, 0.15) is 0 Å². The molecule has 0 amide bonds. The number of hydrogen-bond donors (Lipinski definition) is 0. The molecule has 0 aliphatic carbocycles. The van der Waals surface area contributed by atoms with Gasteiger partial charge in [0.1, 0.15) is 0 Å². The van der Waals surface area contributed by atoms with Crippen molar-refractivity contribution in [1.82, 2.24) is 0 Å². The van der Waals surface area contributed by atoms with Gasteiger partial charge in [-0.3, -0.25) is 6.58 Å². The van der Waals surface area contributed by atoms with Crippen LogP contribution in [0.15, 0.2) is 6.58 Å². The zero-order valence-electron chi connectivity index (χ0n) is 2.14. The summed E-state index contributed by atoms with van der Waals surface area (Å²) in [6.45, 7) is 7.00.